The van der Waals surface area contributed by atoms with Crippen LogP contribution in [-0.4, -0.2) is 84.9 Å². The zero-order valence-electron chi connectivity index (χ0n) is 24.3. The fourth-order valence-electron chi connectivity index (χ4n) is 5.59. The van der Waals surface area contributed by atoms with Crippen LogP contribution in [0.15, 0.2) is 12.2 Å². The molecular formula is C31H56N2O5. The molecule has 0 spiro atoms. The second kappa shape index (κ2) is 21.4. The number of rotatable bonds is 23. The van der Waals surface area contributed by atoms with Crippen LogP contribution in [0.4, 0.5) is 0 Å². The zero-order chi connectivity index (χ0) is 27.3. The van der Waals surface area contributed by atoms with E-state index in [0.29, 0.717) is 31.7 Å². The van der Waals surface area contributed by atoms with Gasteiger partial charge in [0.05, 0.1) is 12.2 Å². The largest absolute Gasteiger partial charge is 0.481 e. The molecule has 0 aromatic carbocycles. The summed E-state index contributed by atoms with van der Waals surface area (Å²) < 4.78 is 11.5. The Morgan fingerprint density at radius 2 is 1.26 bits per heavy atom. The number of carbonyl (C=O) groups is 2. The fourth-order valence-corrected chi connectivity index (χ4v) is 5.59. The fraction of sp³-hybridized carbons (Fsp3) is 0.871. The van der Waals surface area contributed by atoms with Crippen LogP contribution in [-0.2, 0) is 19.1 Å². The van der Waals surface area contributed by atoms with Crippen LogP contribution in [0.2, 0.25) is 0 Å². The van der Waals surface area contributed by atoms with Gasteiger partial charge in [-0.2, -0.15) is 0 Å². The Balaban J connectivity index is 1.40. The standard InChI is InChI=1S/C31H56N2O5/c1-2-3-4-5-6-13-18-23-37-31(36)20-15-10-8-12-17-22-33-26-28-24-32(25-29(27-33)38-28)21-16-11-7-9-14-19-30(34)35/h13,18,28-29H,2-12,14-17,19-27H2,1H3,(H,34,35)/b18-13-. The molecule has 0 saturated carbocycles. The second-order valence-electron chi connectivity index (χ2n) is 11.3. The molecule has 0 aromatic heterocycles. The van der Waals surface area contributed by atoms with E-state index in [0.717, 1.165) is 77.8 Å². The highest BCUT2D eigenvalue weighted by atomic mass is 16.5. The highest BCUT2D eigenvalue weighted by molar-refractivity contribution is 5.69. The van der Waals surface area contributed by atoms with Gasteiger partial charge in [-0.1, -0.05) is 76.9 Å². The first-order chi connectivity index (χ1) is 18.6. The van der Waals surface area contributed by atoms with Crippen molar-refractivity contribution >= 4 is 11.9 Å². The lowest BCUT2D eigenvalue weighted by Crippen LogP contribution is -2.59. The third-order valence-electron chi connectivity index (χ3n) is 7.68. The van der Waals surface area contributed by atoms with Crippen LogP contribution < -0.4 is 0 Å². The number of ether oxygens (including phenoxy) is 2. The van der Waals surface area contributed by atoms with Gasteiger partial charge in [-0.25, -0.2) is 0 Å². The van der Waals surface area contributed by atoms with Gasteiger partial charge in [0, 0.05) is 39.0 Å². The summed E-state index contributed by atoms with van der Waals surface area (Å²) in [5.74, 6) is -0.745. The van der Waals surface area contributed by atoms with Gasteiger partial charge < -0.3 is 14.6 Å². The van der Waals surface area contributed by atoms with E-state index in [1.54, 1.807) is 0 Å². The van der Waals surface area contributed by atoms with Crippen molar-refractivity contribution in [3.05, 3.63) is 12.2 Å². The van der Waals surface area contributed by atoms with E-state index in [9.17, 15) is 9.59 Å². The predicted molar refractivity (Wildman–Crippen MR) is 153 cm³/mol. The molecule has 7 heteroatoms. The van der Waals surface area contributed by atoms with Crippen LogP contribution in [0.3, 0.4) is 0 Å². The second-order valence-corrected chi connectivity index (χ2v) is 11.3. The van der Waals surface area contributed by atoms with Gasteiger partial charge in [-0.3, -0.25) is 19.4 Å². The van der Waals surface area contributed by atoms with E-state index in [1.165, 1.54) is 57.8 Å². The number of hydrogen-bond donors (Lipinski definition) is 1. The summed E-state index contributed by atoms with van der Waals surface area (Å²) in [4.78, 5) is 27.6. The van der Waals surface area contributed by atoms with Crippen molar-refractivity contribution in [3.8, 4) is 0 Å². The number of carboxylic acid groups (broad SMARTS) is 1. The van der Waals surface area contributed by atoms with Crippen molar-refractivity contribution in [2.45, 2.75) is 128 Å². The maximum absolute atomic E-state index is 11.9. The number of allylic oxidation sites excluding steroid dienone is 1. The third-order valence-corrected chi connectivity index (χ3v) is 7.68. The van der Waals surface area contributed by atoms with Crippen LogP contribution in [0.1, 0.15) is 116 Å². The summed E-state index contributed by atoms with van der Waals surface area (Å²) in [6, 6.07) is 0. The lowest BCUT2D eigenvalue weighted by atomic mass is 10.1. The van der Waals surface area contributed by atoms with E-state index >= 15 is 0 Å². The first kappa shape index (κ1) is 32.8. The van der Waals surface area contributed by atoms with Gasteiger partial charge in [-0.15, -0.1) is 0 Å². The Morgan fingerprint density at radius 1 is 0.737 bits per heavy atom. The molecule has 0 amide bonds. The Hall–Kier alpha value is -1.44. The lowest BCUT2D eigenvalue weighted by Gasteiger charge is -2.46. The molecule has 2 unspecified atom stereocenters. The molecular weight excluding hydrogens is 480 g/mol. The van der Waals surface area contributed by atoms with Crippen molar-refractivity contribution in [1.29, 1.82) is 0 Å². The minimum Gasteiger partial charge on any atom is -0.481 e. The maximum Gasteiger partial charge on any atom is 0.306 e. The van der Waals surface area contributed by atoms with Crippen molar-refractivity contribution in [3.63, 3.8) is 0 Å². The predicted octanol–water partition coefficient (Wildman–Crippen LogP) is 6.21. The molecule has 2 rings (SSSR count). The van der Waals surface area contributed by atoms with Gasteiger partial charge in [-0.05, 0) is 51.6 Å². The molecule has 2 aliphatic heterocycles. The van der Waals surface area contributed by atoms with Crippen molar-refractivity contribution < 1.29 is 24.2 Å². The Kier molecular flexibility index (Phi) is 18.4. The molecule has 2 aliphatic rings. The first-order valence-electron chi connectivity index (χ1n) is 15.7. The van der Waals surface area contributed by atoms with Crippen LogP contribution in [0, 0.1) is 0 Å². The molecule has 220 valence electrons. The minimum absolute atomic E-state index is 0.0646. The number of esters is 1. The molecule has 1 N–H and O–H groups in total. The Morgan fingerprint density at radius 3 is 1.84 bits per heavy atom. The van der Waals surface area contributed by atoms with E-state index in [4.69, 9.17) is 14.6 Å². The van der Waals surface area contributed by atoms with E-state index < -0.39 is 5.97 Å². The summed E-state index contributed by atoms with van der Waals surface area (Å²) >= 11 is 0. The first-order valence-corrected chi connectivity index (χ1v) is 15.7. The van der Waals surface area contributed by atoms with Gasteiger partial charge in [0.15, 0.2) is 0 Å². The quantitative estimate of drug-likeness (QED) is 0.0945. The topological polar surface area (TPSA) is 79.3 Å². The van der Waals surface area contributed by atoms with Crippen molar-refractivity contribution in [2.75, 3.05) is 45.9 Å². The number of carbonyl (C=O) groups excluding carboxylic acids is 1. The van der Waals surface area contributed by atoms with Gasteiger partial charge in [0.1, 0.15) is 6.61 Å². The lowest BCUT2D eigenvalue weighted by molar-refractivity contribution is -0.142. The molecule has 2 heterocycles. The number of fused-ring (bicyclic) bond motifs is 2. The molecule has 2 atom stereocenters. The van der Waals surface area contributed by atoms with E-state index in [1.807, 2.05) is 6.08 Å². The Bertz CT molecular complexity index is 642. The average Bonchev–Trinajstić information content (AvgIpc) is 2.88. The third kappa shape index (κ3) is 16.5. The van der Waals surface area contributed by atoms with Crippen LogP contribution >= 0.6 is 0 Å². The zero-order valence-corrected chi connectivity index (χ0v) is 24.3. The maximum atomic E-state index is 11.9. The molecule has 2 fully saturated rings. The normalized spacial score (nSPS) is 20.2. The summed E-state index contributed by atoms with van der Waals surface area (Å²) in [6.07, 6.45) is 22.8. The summed E-state index contributed by atoms with van der Waals surface area (Å²) in [7, 11) is 0. The minimum atomic E-state index is -0.680. The summed E-state index contributed by atoms with van der Waals surface area (Å²) in [5.41, 5.74) is 0. The number of carboxylic acids is 1. The van der Waals surface area contributed by atoms with Crippen LogP contribution in [0.5, 0.6) is 0 Å². The number of morpholine rings is 2. The molecule has 0 aromatic rings. The summed E-state index contributed by atoms with van der Waals surface area (Å²) in [5, 5.41) is 8.71. The van der Waals surface area contributed by atoms with Crippen molar-refractivity contribution in [1.82, 2.24) is 9.80 Å². The highest BCUT2D eigenvalue weighted by Gasteiger charge is 2.34. The molecule has 0 radical (unpaired) electrons. The van der Waals surface area contributed by atoms with Crippen LogP contribution in [0.25, 0.3) is 0 Å². The summed E-state index contributed by atoms with van der Waals surface area (Å²) in [6.45, 7) is 9.09. The van der Waals surface area contributed by atoms with Gasteiger partial charge in [0.25, 0.3) is 0 Å². The smallest absolute Gasteiger partial charge is 0.306 e. The average molecular weight is 537 g/mol. The van der Waals surface area contributed by atoms with Gasteiger partial charge >= 0.3 is 11.9 Å². The monoisotopic (exact) mass is 536 g/mol. The van der Waals surface area contributed by atoms with Gasteiger partial charge in [0.2, 0.25) is 0 Å². The highest BCUT2D eigenvalue weighted by Crippen LogP contribution is 2.20. The number of nitrogens with zero attached hydrogens (tertiary/aromatic N) is 2. The Labute approximate surface area is 232 Å². The molecule has 0 aliphatic carbocycles. The van der Waals surface area contributed by atoms with E-state index in [-0.39, 0.29) is 5.97 Å². The SMILES string of the molecule is CCCCCC/C=C\COC(=O)CCCCCCCN1CC2CN(CCCCCCCC(=O)O)CC(C1)O2. The number of unbranched alkanes of at least 4 members (excludes halogenated alkanes) is 12. The molecule has 2 bridgehead atoms. The van der Waals surface area contributed by atoms with Crippen molar-refractivity contribution in [2.24, 2.45) is 0 Å². The molecule has 38 heavy (non-hydrogen) atoms. The molecule has 7 nitrogen and oxygen atoms in total. The number of aliphatic carboxylic acids is 1. The van der Waals surface area contributed by atoms with E-state index in [2.05, 4.69) is 22.8 Å². The number of hydrogen-bond acceptors (Lipinski definition) is 6. The molecule has 2 saturated heterocycles.